The van der Waals surface area contributed by atoms with E-state index in [2.05, 4.69) is 16.2 Å². The van der Waals surface area contributed by atoms with Gasteiger partial charge in [0.15, 0.2) is 0 Å². The molecule has 1 atom stereocenters. The van der Waals surface area contributed by atoms with Crippen LogP contribution in [0.1, 0.15) is 30.8 Å². The van der Waals surface area contributed by atoms with Gasteiger partial charge in [0, 0.05) is 13.0 Å². The number of aryl methyl sites for hydroxylation is 1. The van der Waals surface area contributed by atoms with Crippen molar-refractivity contribution >= 4 is 0 Å². The summed E-state index contributed by atoms with van der Waals surface area (Å²) < 4.78 is 1.76. The van der Waals surface area contributed by atoms with Gasteiger partial charge in [0.05, 0.1) is 17.2 Å². The van der Waals surface area contributed by atoms with E-state index in [9.17, 15) is 5.11 Å². The molecule has 0 radical (unpaired) electrons. The van der Waals surface area contributed by atoms with Crippen molar-refractivity contribution in [2.24, 2.45) is 0 Å². The summed E-state index contributed by atoms with van der Waals surface area (Å²) in [6, 6.07) is 9.00. The van der Waals surface area contributed by atoms with Gasteiger partial charge in [0.1, 0.15) is 12.2 Å². The molecule has 0 aliphatic carbocycles. The molecule has 0 aliphatic rings. The van der Waals surface area contributed by atoms with Crippen LogP contribution in [0.5, 0.6) is 0 Å². The molecule has 0 bridgehead atoms. The summed E-state index contributed by atoms with van der Waals surface area (Å²) in [7, 11) is 0. The predicted molar refractivity (Wildman–Crippen MR) is 70.1 cm³/mol. The Morgan fingerprint density at radius 3 is 2.63 bits per heavy atom. The number of rotatable bonds is 4. The molecule has 1 N–H and O–H groups in total. The van der Waals surface area contributed by atoms with Crippen molar-refractivity contribution in [1.29, 1.82) is 5.26 Å². The first kappa shape index (κ1) is 13.2. The number of aromatic nitrogens is 3. The van der Waals surface area contributed by atoms with Gasteiger partial charge in [-0.25, -0.2) is 4.98 Å². The monoisotopic (exact) mass is 256 g/mol. The van der Waals surface area contributed by atoms with E-state index < -0.39 is 5.60 Å². The van der Waals surface area contributed by atoms with Crippen molar-refractivity contribution in [3.63, 3.8) is 0 Å². The minimum atomic E-state index is -1.03. The first-order valence-electron chi connectivity index (χ1n) is 6.16. The Kier molecular flexibility index (Phi) is 3.63. The van der Waals surface area contributed by atoms with Crippen LogP contribution in [0.3, 0.4) is 0 Å². The van der Waals surface area contributed by atoms with Gasteiger partial charge in [-0.2, -0.15) is 10.4 Å². The average Bonchev–Trinajstić information content (AvgIpc) is 2.85. The number of hydrogen-bond donors (Lipinski definition) is 1. The molecule has 5 nitrogen and oxygen atoms in total. The van der Waals surface area contributed by atoms with Crippen LogP contribution in [0.15, 0.2) is 30.6 Å². The van der Waals surface area contributed by atoms with E-state index in [1.807, 2.05) is 6.92 Å². The van der Waals surface area contributed by atoms with Crippen LogP contribution < -0.4 is 0 Å². The van der Waals surface area contributed by atoms with Crippen molar-refractivity contribution in [2.45, 2.75) is 32.4 Å². The standard InChI is InChI=1S/C14H16N4O/c1-3-18-13(16-10-17-18)8-14(2,19)12-6-4-11(9-15)5-7-12/h4-7,10,19H,3,8H2,1-2H3. The molecule has 1 aromatic carbocycles. The van der Waals surface area contributed by atoms with Gasteiger partial charge in [-0.3, -0.25) is 4.68 Å². The third kappa shape index (κ3) is 2.80. The summed E-state index contributed by atoms with van der Waals surface area (Å²) in [6.45, 7) is 4.44. The lowest BCUT2D eigenvalue weighted by molar-refractivity contribution is 0.0543. The summed E-state index contributed by atoms with van der Waals surface area (Å²) in [4.78, 5) is 4.17. The molecule has 0 fully saturated rings. The van der Waals surface area contributed by atoms with E-state index in [1.165, 1.54) is 6.33 Å². The summed E-state index contributed by atoms with van der Waals surface area (Å²) in [5.41, 5.74) is 0.307. The van der Waals surface area contributed by atoms with Gasteiger partial charge >= 0.3 is 0 Å². The molecular formula is C14H16N4O. The van der Waals surface area contributed by atoms with E-state index in [4.69, 9.17) is 5.26 Å². The number of nitrogens with zero attached hydrogens (tertiary/aromatic N) is 4. The van der Waals surface area contributed by atoms with Crippen LogP contribution >= 0.6 is 0 Å². The molecule has 2 aromatic rings. The van der Waals surface area contributed by atoms with Gasteiger partial charge < -0.3 is 5.11 Å². The molecule has 0 saturated heterocycles. The van der Waals surface area contributed by atoms with Crippen molar-refractivity contribution in [1.82, 2.24) is 14.8 Å². The summed E-state index contributed by atoms with van der Waals surface area (Å²) in [6.07, 6.45) is 1.88. The fraction of sp³-hybridized carbons (Fsp3) is 0.357. The lowest BCUT2D eigenvalue weighted by Gasteiger charge is -2.23. The zero-order valence-corrected chi connectivity index (χ0v) is 11.0. The Morgan fingerprint density at radius 1 is 1.37 bits per heavy atom. The third-order valence-electron chi connectivity index (χ3n) is 3.13. The van der Waals surface area contributed by atoms with Crippen molar-refractivity contribution in [2.75, 3.05) is 0 Å². The lowest BCUT2D eigenvalue weighted by atomic mass is 9.91. The van der Waals surface area contributed by atoms with Crippen LogP contribution in [0.4, 0.5) is 0 Å². The molecule has 5 heteroatoms. The summed E-state index contributed by atoms with van der Waals surface area (Å²) in [5.74, 6) is 0.747. The fourth-order valence-electron chi connectivity index (χ4n) is 2.00. The highest BCUT2D eigenvalue weighted by molar-refractivity contribution is 5.34. The Hall–Kier alpha value is -2.19. The molecule has 0 aliphatic heterocycles. The smallest absolute Gasteiger partial charge is 0.138 e. The number of aliphatic hydroxyl groups is 1. The van der Waals surface area contributed by atoms with Gasteiger partial charge in [0.2, 0.25) is 0 Å². The first-order chi connectivity index (χ1) is 9.06. The zero-order valence-electron chi connectivity index (χ0n) is 11.0. The van der Waals surface area contributed by atoms with Gasteiger partial charge in [-0.1, -0.05) is 12.1 Å². The Bertz CT molecular complexity index is 593. The lowest BCUT2D eigenvalue weighted by Crippen LogP contribution is -2.26. The second kappa shape index (κ2) is 5.21. The van der Waals surface area contributed by atoms with Crippen LogP contribution in [0.25, 0.3) is 0 Å². The van der Waals surface area contributed by atoms with Gasteiger partial charge in [-0.15, -0.1) is 0 Å². The quantitative estimate of drug-likeness (QED) is 0.902. The maximum absolute atomic E-state index is 10.6. The van der Waals surface area contributed by atoms with Crippen molar-refractivity contribution in [3.05, 3.63) is 47.5 Å². The predicted octanol–water partition coefficient (Wildman–Crippen LogP) is 1.62. The second-order valence-corrected chi connectivity index (χ2v) is 4.63. The molecule has 1 aromatic heterocycles. The minimum absolute atomic E-state index is 0.382. The topological polar surface area (TPSA) is 74.7 Å². The maximum atomic E-state index is 10.6. The maximum Gasteiger partial charge on any atom is 0.138 e. The van der Waals surface area contributed by atoms with Crippen LogP contribution in [0, 0.1) is 11.3 Å². The molecule has 98 valence electrons. The summed E-state index contributed by atoms with van der Waals surface area (Å²) >= 11 is 0. The number of benzene rings is 1. The van der Waals surface area contributed by atoms with E-state index in [0.29, 0.717) is 12.0 Å². The molecule has 1 heterocycles. The highest BCUT2D eigenvalue weighted by Crippen LogP contribution is 2.24. The Balaban J connectivity index is 2.24. The molecule has 19 heavy (non-hydrogen) atoms. The van der Waals surface area contributed by atoms with E-state index in [-0.39, 0.29) is 0 Å². The van der Waals surface area contributed by atoms with Crippen LogP contribution in [-0.4, -0.2) is 19.9 Å². The van der Waals surface area contributed by atoms with Crippen LogP contribution in [0.2, 0.25) is 0 Å². The molecule has 0 saturated carbocycles. The number of nitriles is 1. The molecule has 2 rings (SSSR count). The fourth-order valence-corrected chi connectivity index (χ4v) is 2.00. The second-order valence-electron chi connectivity index (χ2n) is 4.63. The van der Waals surface area contributed by atoms with E-state index in [0.717, 1.165) is 17.9 Å². The molecule has 0 spiro atoms. The third-order valence-corrected chi connectivity index (χ3v) is 3.13. The average molecular weight is 256 g/mol. The molecular weight excluding hydrogens is 240 g/mol. The zero-order chi connectivity index (χ0) is 13.9. The van der Waals surface area contributed by atoms with Gasteiger partial charge in [0.25, 0.3) is 0 Å². The van der Waals surface area contributed by atoms with Gasteiger partial charge in [-0.05, 0) is 31.5 Å². The highest BCUT2D eigenvalue weighted by atomic mass is 16.3. The Morgan fingerprint density at radius 2 is 2.05 bits per heavy atom. The minimum Gasteiger partial charge on any atom is -0.385 e. The Labute approximate surface area is 112 Å². The highest BCUT2D eigenvalue weighted by Gasteiger charge is 2.25. The normalized spacial score (nSPS) is 13.8. The number of hydrogen-bond acceptors (Lipinski definition) is 4. The summed E-state index contributed by atoms with van der Waals surface area (Å²) in [5, 5.41) is 23.4. The molecule has 0 amide bonds. The van der Waals surface area contributed by atoms with Crippen molar-refractivity contribution in [3.8, 4) is 6.07 Å². The van der Waals surface area contributed by atoms with E-state index in [1.54, 1.807) is 35.9 Å². The SMILES string of the molecule is CCn1ncnc1CC(C)(O)c1ccc(C#N)cc1. The van der Waals surface area contributed by atoms with Crippen LogP contribution in [-0.2, 0) is 18.6 Å². The first-order valence-corrected chi connectivity index (χ1v) is 6.16. The largest absolute Gasteiger partial charge is 0.385 e. The van der Waals surface area contributed by atoms with E-state index >= 15 is 0 Å². The molecule has 1 unspecified atom stereocenters. The van der Waals surface area contributed by atoms with Crippen molar-refractivity contribution < 1.29 is 5.11 Å².